The second kappa shape index (κ2) is 8.21. The van der Waals surface area contributed by atoms with Crippen LogP contribution in [0.2, 0.25) is 0 Å². The first-order chi connectivity index (χ1) is 10.2. The fourth-order valence-electron chi connectivity index (χ4n) is 3.34. The summed E-state index contributed by atoms with van der Waals surface area (Å²) in [5, 5.41) is 0. The van der Waals surface area contributed by atoms with Crippen LogP contribution >= 0.6 is 0 Å². The van der Waals surface area contributed by atoms with Crippen molar-refractivity contribution >= 4 is 5.78 Å². The number of hydrogen-bond acceptors (Lipinski definition) is 2. The Hall–Kier alpha value is -1.31. The summed E-state index contributed by atoms with van der Waals surface area (Å²) in [5.74, 6) is 2.07. The highest BCUT2D eigenvalue weighted by molar-refractivity contribution is 5.86. The van der Waals surface area contributed by atoms with E-state index < -0.39 is 0 Å². The van der Waals surface area contributed by atoms with Crippen LogP contribution in [0.15, 0.2) is 24.3 Å². The molecule has 1 saturated carbocycles. The lowest BCUT2D eigenvalue weighted by Crippen LogP contribution is -2.23. The minimum atomic E-state index is 0.114. The van der Waals surface area contributed by atoms with Crippen molar-refractivity contribution in [3.63, 3.8) is 0 Å². The minimum absolute atomic E-state index is 0.114. The predicted molar refractivity (Wildman–Crippen MR) is 86.8 cm³/mol. The van der Waals surface area contributed by atoms with E-state index in [4.69, 9.17) is 4.74 Å². The molecule has 1 fully saturated rings. The third-order valence-electron chi connectivity index (χ3n) is 4.55. The van der Waals surface area contributed by atoms with Crippen molar-refractivity contribution in [3.05, 3.63) is 29.8 Å². The monoisotopic (exact) mass is 288 g/mol. The first-order valence-corrected chi connectivity index (χ1v) is 8.50. The van der Waals surface area contributed by atoms with Crippen molar-refractivity contribution in [2.24, 2.45) is 5.92 Å². The van der Waals surface area contributed by atoms with Gasteiger partial charge in [-0.3, -0.25) is 4.79 Å². The Morgan fingerprint density at radius 2 is 1.86 bits per heavy atom. The number of ether oxygens (including phenoxy) is 1. The molecule has 2 atom stereocenters. The summed E-state index contributed by atoms with van der Waals surface area (Å²) >= 11 is 0. The van der Waals surface area contributed by atoms with Crippen molar-refractivity contribution in [1.29, 1.82) is 0 Å². The van der Waals surface area contributed by atoms with Crippen molar-refractivity contribution < 1.29 is 9.53 Å². The highest BCUT2D eigenvalue weighted by Crippen LogP contribution is 2.35. The number of rotatable bonds is 7. The van der Waals surface area contributed by atoms with Crippen molar-refractivity contribution in [3.8, 4) is 5.75 Å². The SMILES string of the molecule is CCCCC[C@@H]1CC[C@@H](c2ccc(OCC)cc2)C(=O)C1. The molecular weight excluding hydrogens is 260 g/mol. The lowest BCUT2D eigenvalue weighted by molar-refractivity contribution is -0.123. The molecule has 0 amide bonds. The summed E-state index contributed by atoms with van der Waals surface area (Å²) in [7, 11) is 0. The third kappa shape index (κ3) is 4.59. The Bertz CT molecular complexity index is 435. The van der Waals surface area contributed by atoms with Crippen LogP contribution in [0.5, 0.6) is 5.75 Å². The van der Waals surface area contributed by atoms with E-state index in [1.807, 2.05) is 19.1 Å². The molecular formula is C19H28O2. The maximum absolute atomic E-state index is 12.4. The van der Waals surface area contributed by atoms with Crippen LogP contribution in [0.4, 0.5) is 0 Å². The van der Waals surface area contributed by atoms with Crippen LogP contribution in [0.3, 0.4) is 0 Å². The molecule has 0 spiro atoms. The Balaban J connectivity index is 1.89. The molecule has 0 aromatic heterocycles. The summed E-state index contributed by atoms with van der Waals surface area (Å²) in [6, 6.07) is 8.09. The number of carbonyl (C=O) groups is 1. The standard InChI is InChI=1S/C19H28O2/c1-3-5-6-7-15-8-13-18(19(20)14-15)16-9-11-17(12-10-16)21-4-2/h9-12,15,18H,3-8,13-14H2,1-2H3/t15-,18+/m1/s1. The summed E-state index contributed by atoms with van der Waals surface area (Å²) < 4.78 is 5.46. The van der Waals surface area contributed by atoms with E-state index in [0.717, 1.165) is 24.2 Å². The van der Waals surface area contributed by atoms with Gasteiger partial charge < -0.3 is 4.74 Å². The molecule has 1 aliphatic carbocycles. The van der Waals surface area contributed by atoms with Gasteiger partial charge in [-0.2, -0.15) is 0 Å². The average molecular weight is 288 g/mol. The molecule has 2 nitrogen and oxygen atoms in total. The van der Waals surface area contributed by atoms with Gasteiger partial charge in [0.05, 0.1) is 6.61 Å². The van der Waals surface area contributed by atoms with Gasteiger partial charge in [-0.1, -0.05) is 44.7 Å². The van der Waals surface area contributed by atoms with E-state index in [1.165, 1.54) is 32.1 Å². The van der Waals surface area contributed by atoms with E-state index in [9.17, 15) is 4.79 Å². The molecule has 1 aromatic carbocycles. The summed E-state index contributed by atoms with van der Waals surface area (Å²) in [6.07, 6.45) is 8.07. The van der Waals surface area contributed by atoms with Crippen LogP contribution in [-0.2, 0) is 4.79 Å². The number of carbonyl (C=O) groups excluding carboxylic acids is 1. The molecule has 0 bridgehead atoms. The average Bonchev–Trinajstić information content (AvgIpc) is 2.49. The highest BCUT2D eigenvalue weighted by atomic mass is 16.5. The van der Waals surface area contributed by atoms with Gasteiger partial charge in [0, 0.05) is 12.3 Å². The van der Waals surface area contributed by atoms with Gasteiger partial charge >= 0.3 is 0 Å². The maximum atomic E-state index is 12.4. The normalized spacial score (nSPS) is 22.3. The van der Waals surface area contributed by atoms with E-state index in [-0.39, 0.29) is 5.92 Å². The molecule has 0 saturated heterocycles. The predicted octanol–water partition coefficient (Wildman–Crippen LogP) is 5.12. The smallest absolute Gasteiger partial charge is 0.140 e. The van der Waals surface area contributed by atoms with Gasteiger partial charge in [0.2, 0.25) is 0 Å². The van der Waals surface area contributed by atoms with E-state index in [1.54, 1.807) is 0 Å². The number of hydrogen-bond donors (Lipinski definition) is 0. The number of benzene rings is 1. The fourth-order valence-corrected chi connectivity index (χ4v) is 3.34. The van der Waals surface area contributed by atoms with Crippen LogP contribution in [-0.4, -0.2) is 12.4 Å². The zero-order valence-electron chi connectivity index (χ0n) is 13.4. The van der Waals surface area contributed by atoms with Gasteiger partial charge in [0.15, 0.2) is 0 Å². The van der Waals surface area contributed by atoms with Gasteiger partial charge in [-0.05, 0) is 43.4 Å². The molecule has 2 heteroatoms. The summed E-state index contributed by atoms with van der Waals surface area (Å²) in [6.45, 7) is 4.90. The second-order valence-electron chi connectivity index (χ2n) is 6.16. The van der Waals surface area contributed by atoms with Crippen LogP contribution in [0.25, 0.3) is 0 Å². The van der Waals surface area contributed by atoms with Gasteiger partial charge in [0.1, 0.15) is 11.5 Å². The third-order valence-corrected chi connectivity index (χ3v) is 4.55. The summed E-state index contributed by atoms with van der Waals surface area (Å²) in [5.41, 5.74) is 1.16. The Morgan fingerprint density at radius 1 is 1.10 bits per heavy atom. The fraction of sp³-hybridized carbons (Fsp3) is 0.632. The van der Waals surface area contributed by atoms with Gasteiger partial charge in [-0.15, -0.1) is 0 Å². The molecule has 0 radical (unpaired) electrons. The van der Waals surface area contributed by atoms with Crippen molar-refractivity contribution in [2.75, 3.05) is 6.61 Å². The molecule has 0 heterocycles. The van der Waals surface area contributed by atoms with E-state index >= 15 is 0 Å². The molecule has 21 heavy (non-hydrogen) atoms. The molecule has 1 aromatic rings. The lowest BCUT2D eigenvalue weighted by Gasteiger charge is -2.27. The van der Waals surface area contributed by atoms with E-state index in [0.29, 0.717) is 18.3 Å². The minimum Gasteiger partial charge on any atom is -0.494 e. The topological polar surface area (TPSA) is 26.3 Å². The second-order valence-corrected chi connectivity index (χ2v) is 6.16. The molecule has 0 aliphatic heterocycles. The van der Waals surface area contributed by atoms with Crippen LogP contribution in [0.1, 0.15) is 70.3 Å². The van der Waals surface area contributed by atoms with Crippen LogP contribution in [0, 0.1) is 5.92 Å². The Morgan fingerprint density at radius 3 is 2.48 bits per heavy atom. The Kier molecular flexibility index (Phi) is 6.28. The largest absolute Gasteiger partial charge is 0.494 e. The van der Waals surface area contributed by atoms with Crippen LogP contribution < -0.4 is 4.74 Å². The molecule has 0 unspecified atom stereocenters. The van der Waals surface area contributed by atoms with Crippen molar-refractivity contribution in [1.82, 2.24) is 0 Å². The number of unbranched alkanes of at least 4 members (excludes halogenated alkanes) is 2. The number of Topliss-reactive ketones (excluding diaryl/α,β-unsaturated/α-hetero) is 1. The molecule has 0 N–H and O–H groups in total. The summed E-state index contributed by atoms with van der Waals surface area (Å²) in [4.78, 5) is 12.4. The lowest BCUT2D eigenvalue weighted by atomic mass is 9.76. The maximum Gasteiger partial charge on any atom is 0.140 e. The first kappa shape index (κ1) is 16.1. The zero-order chi connectivity index (χ0) is 15.1. The van der Waals surface area contributed by atoms with Crippen molar-refractivity contribution in [2.45, 2.75) is 64.7 Å². The molecule has 116 valence electrons. The molecule has 2 rings (SSSR count). The van der Waals surface area contributed by atoms with Gasteiger partial charge in [-0.25, -0.2) is 0 Å². The van der Waals surface area contributed by atoms with E-state index in [2.05, 4.69) is 19.1 Å². The highest BCUT2D eigenvalue weighted by Gasteiger charge is 2.29. The van der Waals surface area contributed by atoms with Gasteiger partial charge in [0.25, 0.3) is 0 Å². The zero-order valence-corrected chi connectivity index (χ0v) is 13.4. The number of ketones is 1. The molecule has 1 aliphatic rings. The Labute approximate surface area is 128 Å². The first-order valence-electron chi connectivity index (χ1n) is 8.50. The quantitative estimate of drug-likeness (QED) is 0.651.